The van der Waals surface area contributed by atoms with E-state index in [0.717, 1.165) is 0 Å². The van der Waals surface area contributed by atoms with Gasteiger partial charge in [0.2, 0.25) is 5.91 Å². The Labute approximate surface area is 199 Å². The standard InChI is InChI=1S/C20H26N4O11/c1-20(2,3)33-19(32)21-9-8-12(25)22-11(18(31)35-24-15(28)6-7-16(24)29)10-17(30)34-23-13(26)4-5-14(23)27/h11H,4-10H2,1-3H3,(H,21,32)(H,22,25)/t11-/m0/s1. The van der Waals surface area contributed by atoms with Gasteiger partial charge in [-0.1, -0.05) is 0 Å². The quantitative estimate of drug-likeness (QED) is 0.370. The van der Waals surface area contributed by atoms with E-state index < -0.39 is 65.6 Å². The summed E-state index contributed by atoms with van der Waals surface area (Å²) in [6.45, 7) is 4.75. The summed E-state index contributed by atoms with van der Waals surface area (Å²) in [6.07, 6.45) is -2.69. The zero-order valence-corrected chi connectivity index (χ0v) is 19.4. The van der Waals surface area contributed by atoms with Crippen LogP contribution in [0.4, 0.5) is 4.79 Å². The van der Waals surface area contributed by atoms with Crippen molar-refractivity contribution in [2.75, 3.05) is 6.54 Å². The van der Waals surface area contributed by atoms with Gasteiger partial charge in [0.25, 0.3) is 23.6 Å². The van der Waals surface area contributed by atoms with Gasteiger partial charge in [-0.15, -0.1) is 10.1 Å². The summed E-state index contributed by atoms with van der Waals surface area (Å²) < 4.78 is 5.02. The molecule has 0 aromatic rings. The lowest BCUT2D eigenvalue weighted by Crippen LogP contribution is -2.47. The van der Waals surface area contributed by atoms with Crippen LogP contribution in [0.1, 0.15) is 59.3 Å². The fourth-order valence-electron chi connectivity index (χ4n) is 2.83. The lowest BCUT2D eigenvalue weighted by molar-refractivity contribution is -0.203. The van der Waals surface area contributed by atoms with Gasteiger partial charge in [0.05, 0.1) is 6.42 Å². The van der Waals surface area contributed by atoms with Crippen LogP contribution < -0.4 is 10.6 Å². The Morgan fingerprint density at radius 3 is 1.83 bits per heavy atom. The normalized spacial score (nSPS) is 16.8. The SMILES string of the molecule is CC(C)(C)OC(=O)NCCC(=O)N[C@@H](CC(=O)ON1C(=O)CCC1=O)C(=O)ON1C(=O)CCC1=O. The largest absolute Gasteiger partial charge is 0.444 e. The molecule has 0 radical (unpaired) electrons. The van der Waals surface area contributed by atoms with Gasteiger partial charge in [0.15, 0.2) is 0 Å². The van der Waals surface area contributed by atoms with Crippen molar-refractivity contribution in [2.45, 2.75) is 70.9 Å². The number of hydrogen-bond donors (Lipinski definition) is 2. The van der Waals surface area contributed by atoms with E-state index in [0.29, 0.717) is 0 Å². The average Bonchev–Trinajstić information content (AvgIpc) is 3.22. The van der Waals surface area contributed by atoms with Crippen molar-refractivity contribution < 1.29 is 52.8 Å². The number of carbonyl (C=O) groups is 8. The van der Waals surface area contributed by atoms with E-state index in [4.69, 9.17) is 9.57 Å². The third-order valence-corrected chi connectivity index (χ3v) is 4.40. The van der Waals surface area contributed by atoms with Crippen LogP contribution in [0.5, 0.6) is 0 Å². The second kappa shape index (κ2) is 11.4. The van der Waals surface area contributed by atoms with E-state index in [1.807, 2.05) is 0 Å². The molecule has 0 spiro atoms. The number of hydrogen-bond acceptors (Lipinski definition) is 11. The number of amides is 6. The summed E-state index contributed by atoms with van der Waals surface area (Å²) in [7, 11) is 0. The first kappa shape index (κ1) is 27.2. The van der Waals surface area contributed by atoms with Crippen molar-refractivity contribution >= 4 is 47.6 Å². The third-order valence-electron chi connectivity index (χ3n) is 4.40. The van der Waals surface area contributed by atoms with Crippen molar-refractivity contribution in [3.63, 3.8) is 0 Å². The molecule has 35 heavy (non-hydrogen) atoms. The van der Waals surface area contributed by atoms with E-state index >= 15 is 0 Å². The molecule has 15 heteroatoms. The molecule has 0 aliphatic carbocycles. The average molecular weight is 498 g/mol. The number of nitrogens with zero attached hydrogens (tertiary/aromatic N) is 2. The van der Waals surface area contributed by atoms with Crippen molar-refractivity contribution in [1.82, 2.24) is 20.8 Å². The highest BCUT2D eigenvalue weighted by Crippen LogP contribution is 2.15. The highest BCUT2D eigenvalue weighted by molar-refractivity contribution is 6.03. The minimum absolute atomic E-state index is 0.155. The number of nitrogens with one attached hydrogen (secondary N) is 2. The van der Waals surface area contributed by atoms with E-state index in [-0.39, 0.29) is 48.8 Å². The first-order chi connectivity index (χ1) is 16.3. The van der Waals surface area contributed by atoms with Gasteiger partial charge < -0.3 is 25.0 Å². The number of carbonyl (C=O) groups excluding carboxylic acids is 8. The van der Waals surface area contributed by atoms with Crippen LogP contribution in [0.3, 0.4) is 0 Å². The Morgan fingerprint density at radius 1 is 0.857 bits per heavy atom. The molecule has 2 N–H and O–H groups in total. The fourth-order valence-corrected chi connectivity index (χ4v) is 2.83. The summed E-state index contributed by atoms with van der Waals surface area (Å²) in [4.78, 5) is 105. The summed E-state index contributed by atoms with van der Waals surface area (Å²) in [5.41, 5.74) is -0.760. The maximum Gasteiger partial charge on any atom is 0.407 e. The van der Waals surface area contributed by atoms with E-state index in [9.17, 15) is 38.4 Å². The van der Waals surface area contributed by atoms with E-state index in [1.54, 1.807) is 20.8 Å². The molecule has 2 saturated heterocycles. The lowest BCUT2D eigenvalue weighted by atomic mass is 10.2. The monoisotopic (exact) mass is 498 g/mol. The molecule has 0 aromatic carbocycles. The molecule has 1 atom stereocenters. The highest BCUT2D eigenvalue weighted by atomic mass is 16.7. The molecule has 0 aromatic heterocycles. The van der Waals surface area contributed by atoms with Crippen molar-refractivity contribution in [2.24, 2.45) is 0 Å². The molecule has 2 heterocycles. The van der Waals surface area contributed by atoms with E-state index in [1.165, 1.54) is 0 Å². The fraction of sp³-hybridized carbons (Fsp3) is 0.600. The zero-order chi connectivity index (χ0) is 26.3. The molecule has 0 saturated carbocycles. The van der Waals surface area contributed by atoms with Crippen molar-refractivity contribution in [3.05, 3.63) is 0 Å². The lowest BCUT2D eigenvalue weighted by Gasteiger charge is -2.21. The van der Waals surface area contributed by atoms with Crippen LogP contribution >= 0.6 is 0 Å². The van der Waals surface area contributed by atoms with Gasteiger partial charge in [0, 0.05) is 38.6 Å². The summed E-state index contributed by atoms with van der Waals surface area (Å²) in [5, 5.41) is 4.99. The molecule has 0 bridgehead atoms. The Morgan fingerprint density at radius 2 is 1.34 bits per heavy atom. The summed E-state index contributed by atoms with van der Waals surface area (Å²) in [6, 6.07) is -1.74. The van der Waals surface area contributed by atoms with Gasteiger partial charge in [0.1, 0.15) is 11.6 Å². The second-order valence-electron chi connectivity index (χ2n) is 8.54. The number of hydroxylamine groups is 4. The number of rotatable bonds is 9. The molecule has 15 nitrogen and oxygen atoms in total. The Hall–Kier alpha value is -4.04. The van der Waals surface area contributed by atoms with Crippen LogP contribution in [0.2, 0.25) is 0 Å². The molecule has 6 amide bonds. The summed E-state index contributed by atoms with van der Waals surface area (Å²) >= 11 is 0. The van der Waals surface area contributed by atoms with Gasteiger partial charge in [-0.3, -0.25) is 24.0 Å². The maximum atomic E-state index is 12.5. The number of ether oxygens (including phenoxy) is 1. The Balaban J connectivity index is 1.99. The molecular formula is C20H26N4O11. The molecule has 2 rings (SSSR count). The molecule has 2 aliphatic rings. The molecular weight excluding hydrogens is 472 g/mol. The maximum absolute atomic E-state index is 12.5. The van der Waals surface area contributed by atoms with Gasteiger partial charge in [-0.2, -0.15) is 0 Å². The van der Waals surface area contributed by atoms with Crippen LogP contribution in [0, 0.1) is 0 Å². The summed E-state index contributed by atoms with van der Waals surface area (Å²) in [5.74, 6) is -6.47. The predicted molar refractivity (Wildman–Crippen MR) is 110 cm³/mol. The topological polar surface area (TPSA) is 195 Å². The van der Waals surface area contributed by atoms with Crippen molar-refractivity contribution in [3.8, 4) is 0 Å². The molecule has 2 fully saturated rings. The molecule has 2 aliphatic heterocycles. The van der Waals surface area contributed by atoms with E-state index in [2.05, 4.69) is 15.5 Å². The van der Waals surface area contributed by atoms with Crippen LogP contribution in [0.15, 0.2) is 0 Å². The first-order valence-electron chi connectivity index (χ1n) is 10.7. The van der Waals surface area contributed by atoms with Gasteiger partial charge in [-0.25, -0.2) is 14.4 Å². The first-order valence-corrected chi connectivity index (χ1v) is 10.7. The van der Waals surface area contributed by atoms with Crippen molar-refractivity contribution in [1.29, 1.82) is 0 Å². The minimum atomic E-state index is -1.74. The Bertz CT molecular complexity index is 908. The van der Waals surface area contributed by atoms with Gasteiger partial charge in [-0.05, 0) is 20.8 Å². The minimum Gasteiger partial charge on any atom is -0.444 e. The van der Waals surface area contributed by atoms with Crippen LogP contribution in [-0.2, 0) is 48.0 Å². The third kappa shape index (κ3) is 8.35. The molecule has 192 valence electrons. The highest BCUT2D eigenvalue weighted by Gasteiger charge is 2.38. The Kier molecular flexibility index (Phi) is 8.86. The number of imide groups is 2. The van der Waals surface area contributed by atoms with Crippen LogP contribution in [-0.4, -0.2) is 75.9 Å². The number of alkyl carbamates (subject to hydrolysis) is 1. The smallest absolute Gasteiger partial charge is 0.407 e. The molecule has 0 unspecified atom stereocenters. The predicted octanol–water partition coefficient (Wildman–Crippen LogP) is -1.01. The van der Waals surface area contributed by atoms with Gasteiger partial charge >= 0.3 is 18.0 Å². The van der Waals surface area contributed by atoms with Crippen LogP contribution in [0.25, 0.3) is 0 Å². The second-order valence-corrected chi connectivity index (χ2v) is 8.54. The zero-order valence-electron chi connectivity index (χ0n) is 19.4.